The third-order valence-electron chi connectivity index (χ3n) is 2.08. The first-order valence-corrected chi connectivity index (χ1v) is 4.89. The van der Waals surface area contributed by atoms with Crippen LogP contribution in [0, 0.1) is 19.3 Å². The normalized spacial score (nSPS) is 9.47. The van der Waals surface area contributed by atoms with Gasteiger partial charge >= 0.3 is 0 Å². The lowest BCUT2D eigenvalue weighted by Crippen LogP contribution is -2.26. The molecule has 0 atom stereocenters. The van der Waals surface area contributed by atoms with E-state index >= 15 is 0 Å². The Morgan fingerprint density at radius 2 is 2.27 bits per heavy atom. The number of carbonyl (C=O) groups excluding carboxylic acids is 1. The molecule has 0 saturated heterocycles. The van der Waals surface area contributed by atoms with Gasteiger partial charge in [0.05, 0.1) is 6.54 Å². The molecule has 0 bridgehead atoms. The van der Waals surface area contributed by atoms with Gasteiger partial charge in [-0.25, -0.2) is 0 Å². The van der Waals surface area contributed by atoms with Crippen LogP contribution in [-0.4, -0.2) is 24.4 Å². The van der Waals surface area contributed by atoms with Crippen LogP contribution in [0.2, 0.25) is 5.02 Å². The molecular formula is C12H12ClNO. The van der Waals surface area contributed by atoms with Crippen molar-refractivity contribution in [1.82, 2.24) is 4.90 Å². The molecule has 1 aromatic rings. The van der Waals surface area contributed by atoms with Gasteiger partial charge in [-0.1, -0.05) is 17.5 Å². The molecule has 0 heterocycles. The molecule has 0 unspecified atom stereocenters. The average Bonchev–Trinajstić information content (AvgIpc) is 2.21. The van der Waals surface area contributed by atoms with Gasteiger partial charge < -0.3 is 4.90 Å². The van der Waals surface area contributed by atoms with Gasteiger partial charge in [-0.05, 0) is 30.7 Å². The molecule has 78 valence electrons. The topological polar surface area (TPSA) is 20.3 Å². The Morgan fingerprint density at radius 1 is 1.60 bits per heavy atom. The van der Waals surface area contributed by atoms with Gasteiger partial charge in [0.15, 0.2) is 0 Å². The van der Waals surface area contributed by atoms with Crippen LogP contribution in [0.3, 0.4) is 0 Å². The summed E-state index contributed by atoms with van der Waals surface area (Å²) in [4.78, 5) is 13.3. The summed E-state index contributed by atoms with van der Waals surface area (Å²) < 4.78 is 0. The number of rotatable bonds is 2. The third kappa shape index (κ3) is 2.74. The molecule has 0 aliphatic carbocycles. The maximum absolute atomic E-state index is 11.8. The molecule has 1 rings (SSSR count). The van der Waals surface area contributed by atoms with E-state index in [1.807, 2.05) is 6.92 Å². The predicted molar refractivity (Wildman–Crippen MR) is 62.0 cm³/mol. The van der Waals surface area contributed by atoms with Crippen LogP contribution in [0.1, 0.15) is 15.9 Å². The number of hydrogen-bond donors (Lipinski definition) is 0. The zero-order chi connectivity index (χ0) is 11.4. The van der Waals surface area contributed by atoms with E-state index in [-0.39, 0.29) is 5.91 Å². The van der Waals surface area contributed by atoms with Gasteiger partial charge in [0.25, 0.3) is 5.91 Å². The first kappa shape index (κ1) is 11.6. The molecule has 1 amide bonds. The van der Waals surface area contributed by atoms with Gasteiger partial charge in [-0.3, -0.25) is 4.79 Å². The van der Waals surface area contributed by atoms with Crippen molar-refractivity contribution in [1.29, 1.82) is 0 Å². The minimum Gasteiger partial charge on any atom is -0.331 e. The number of terminal acetylenes is 1. The predicted octanol–water partition coefficient (Wildman–Crippen LogP) is 2.35. The lowest BCUT2D eigenvalue weighted by atomic mass is 10.1. The second-order valence-corrected chi connectivity index (χ2v) is 3.74. The highest BCUT2D eigenvalue weighted by atomic mass is 35.5. The summed E-state index contributed by atoms with van der Waals surface area (Å²) in [6, 6.07) is 5.18. The molecule has 0 aliphatic heterocycles. The Balaban J connectivity index is 2.93. The van der Waals surface area contributed by atoms with E-state index in [2.05, 4.69) is 5.92 Å². The lowest BCUT2D eigenvalue weighted by molar-refractivity contribution is 0.0812. The summed E-state index contributed by atoms with van der Waals surface area (Å²) in [5.74, 6) is 2.33. The van der Waals surface area contributed by atoms with Crippen LogP contribution >= 0.6 is 11.6 Å². The number of benzene rings is 1. The second kappa shape index (κ2) is 4.86. The van der Waals surface area contributed by atoms with Crippen LogP contribution in [0.25, 0.3) is 0 Å². The Kier molecular flexibility index (Phi) is 3.76. The number of nitrogens with zero attached hydrogens (tertiary/aromatic N) is 1. The minimum absolute atomic E-state index is 0.0901. The Morgan fingerprint density at radius 3 is 2.80 bits per heavy atom. The van der Waals surface area contributed by atoms with Crippen molar-refractivity contribution in [3.05, 3.63) is 34.3 Å². The maximum Gasteiger partial charge on any atom is 0.254 e. The SMILES string of the molecule is C#CCN(C)C(=O)c1ccc(Cl)c(C)c1. The van der Waals surface area contributed by atoms with E-state index < -0.39 is 0 Å². The summed E-state index contributed by atoms with van der Waals surface area (Å²) in [6.45, 7) is 2.17. The Hall–Kier alpha value is -1.46. The van der Waals surface area contributed by atoms with Gasteiger partial charge in [-0.15, -0.1) is 6.42 Å². The fraction of sp³-hybridized carbons (Fsp3) is 0.250. The molecular weight excluding hydrogens is 210 g/mol. The van der Waals surface area contributed by atoms with Crippen LogP contribution in [0.15, 0.2) is 18.2 Å². The number of aryl methyl sites for hydroxylation is 1. The van der Waals surface area contributed by atoms with E-state index in [1.54, 1.807) is 25.2 Å². The van der Waals surface area contributed by atoms with Crippen molar-refractivity contribution >= 4 is 17.5 Å². The second-order valence-electron chi connectivity index (χ2n) is 3.33. The van der Waals surface area contributed by atoms with E-state index in [9.17, 15) is 4.79 Å². The minimum atomic E-state index is -0.0901. The molecule has 1 aromatic carbocycles. The molecule has 0 N–H and O–H groups in total. The molecule has 15 heavy (non-hydrogen) atoms. The summed E-state index contributed by atoms with van der Waals surface area (Å²) in [5.41, 5.74) is 1.49. The standard InChI is InChI=1S/C12H12ClNO/c1-4-7-14(3)12(15)10-5-6-11(13)9(2)8-10/h1,5-6,8H,7H2,2-3H3. The third-order valence-corrected chi connectivity index (χ3v) is 2.50. The fourth-order valence-electron chi connectivity index (χ4n) is 1.21. The first-order chi connectivity index (χ1) is 7.06. The van der Waals surface area contributed by atoms with E-state index in [4.69, 9.17) is 18.0 Å². The largest absolute Gasteiger partial charge is 0.331 e. The molecule has 0 spiro atoms. The van der Waals surface area contributed by atoms with E-state index in [0.717, 1.165) is 5.56 Å². The number of amides is 1. The molecule has 0 saturated carbocycles. The molecule has 0 radical (unpaired) electrons. The van der Waals surface area contributed by atoms with Crippen molar-refractivity contribution in [2.75, 3.05) is 13.6 Å². The Bertz CT molecular complexity index is 420. The average molecular weight is 222 g/mol. The zero-order valence-electron chi connectivity index (χ0n) is 8.75. The van der Waals surface area contributed by atoms with E-state index in [0.29, 0.717) is 17.1 Å². The van der Waals surface area contributed by atoms with E-state index in [1.165, 1.54) is 4.90 Å². The molecule has 0 aromatic heterocycles. The van der Waals surface area contributed by atoms with Crippen molar-refractivity contribution in [2.24, 2.45) is 0 Å². The highest BCUT2D eigenvalue weighted by molar-refractivity contribution is 6.31. The summed E-state index contributed by atoms with van der Waals surface area (Å²) in [7, 11) is 1.67. The number of carbonyl (C=O) groups is 1. The van der Waals surface area contributed by atoms with Crippen molar-refractivity contribution in [2.45, 2.75) is 6.92 Å². The van der Waals surface area contributed by atoms with Gasteiger partial charge in [0.2, 0.25) is 0 Å². The molecule has 0 aliphatic rings. The van der Waals surface area contributed by atoms with Crippen LogP contribution in [0.4, 0.5) is 0 Å². The zero-order valence-corrected chi connectivity index (χ0v) is 9.51. The van der Waals surface area contributed by atoms with Crippen LogP contribution in [-0.2, 0) is 0 Å². The number of halogens is 1. The lowest BCUT2D eigenvalue weighted by Gasteiger charge is -2.14. The fourth-order valence-corrected chi connectivity index (χ4v) is 1.32. The molecule has 0 fully saturated rings. The molecule has 3 heteroatoms. The van der Waals surface area contributed by atoms with Crippen LogP contribution in [0.5, 0.6) is 0 Å². The van der Waals surface area contributed by atoms with Crippen LogP contribution < -0.4 is 0 Å². The van der Waals surface area contributed by atoms with Gasteiger partial charge in [-0.2, -0.15) is 0 Å². The quantitative estimate of drug-likeness (QED) is 0.703. The number of hydrogen-bond acceptors (Lipinski definition) is 1. The smallest absolute Gasteiger partial charge is 0.254 e. The van der Waals surface area contributed by atoms with Crippen molar-refractivity contribution < 1.29 is 4.79 Å². The first-order valence-electron chi connectivity index (χ1n) is 4.51. The summed E-state index contributed by atoms with van der Waals surface area (Å²) in [6.07, 6.45) is 5.13. The monoisotopic (exact) mass is 221 g/mol. The highest BCUT2D eigenvalue weighted by Gasteiger charge is 2.11. The maximum atomic E-state index is 11.8. The Labute approximate surface area is 94.8 Å². The van der Waals surface area contributed by atoms with Crippen molar-refractivity contribution in [3.8, 4) is 12.3 Å². The highest BCUT2D eigenvalue weighted by Crippen LogP contribution is 2.17. The molecule has 2 nitrogen and oxygen atoms in total. The van der Waals surface area contributed by atoms with Crippen molar-refractivity contribution in [3.63, 3.8) is 0 Å². The summed E-state index contributed by atoms with van der Waals surface area (Å²) in [5, 5.41) is 0.658. The van der Waals surface area contributed by atoms with Gasteiger partial charge in [0, 0.05) is 17.6 Å². The summed E-state index contributed by atoms with van der Waals surface area (Å²) >= 11 is 5.87. The van der Waals surface area contributed by atoms with Gasteiger partial charge in [0.1, 0.15) is 0 Å².